The molecule has 2 aliphatic heterocycles. The number of halogens is 1. The third-order valence-corrected chi connectivity index (χ3v) is 5.94. The molecule has 2 aromatic carbocycles. The zero-order chi connectivity index (χ0) is 22.7. The third-order valence-electron chi connectivity index (χ3n) is 5.59. The number of anilines is 1. The van der Waals surface area contributed by atoms with E-state index in [0.717, 1.165) is 59.8 Å². The van der Waals surface area contributed by atoms with Gasteiger partial charge in [-0.05, 0) is 37.1 Å². The Bertz CT molecular complexity index is 1130. The van der Waals surface area contributed by atoms with Gasteiger partial charge in [0.1, 0.15) is 11.7 Å². The lowest BCUT2D eigenvalue weighted by Crippen LogP contribution is -2.34. The second-order valence-corrected chi connectivity index (χ2v) is 8.48. The summed E-state index contributed by atoms with van der Waals surface area (Å²) in [7, 11) is 0. The van der Waals surface area contributed by atoms with Crippen LogP contribution in [0.25, 0.3) is 6.08 Å². The van der Waals surface area contributed by atoms with Gasteiger partial charge in [-0.3, -0.25) is 9.79 Å². The molecule has 2 heterocycles. The molecular weight excluding hydrogens is 422 g/mol. The molecule has 0 fully saturated rings. The van der Waals surface area contributed by atoms with Crippen molar-refractivity contribution in [1.29, 1.82) is 0 Å². The van der Waals surface area contributed by atoms with Gasteiger partial charge in [0, 0.05) is 52.5 Å². The van der Waals surface area contributed by atoms with Crippen LogP contribution < -0.4 is 11.1 Å². The summed E-state index contributed by atoms with van der Waals surface area (Å²) in [6.45, 7) is 6.16. The molecule has 0 saturated carbocycles. The standard InChI is InChI=1S/C25H28ClN5O/c1-3-10-31(11-4-2)25(32)18-12-16-8-9-17(13-22(16)29-23(27)14-18)24-28-15-19-20(26)6-5-7-21(19)30-24/h5-9,12-13H,3-4,10-11,14-15H2,1-2H3,(H2,27,29)(H,28,30). The van der Waals surface area contributed by atoms with Gasteiger partial charge < -0.3 is 16.0 Å². The number of nitrogens with one attached hydrogen (secondary N) is 1. The number of carbonyl (C=O) groups excluding carboxylic acids is 1. The number of aliphatic imine (C=N–C) groups is 2. The van der Waals surface area contributed by atoms with E-state index in [0.29, 0.717) is 29.4 Å². The first-order valence-corrected chi connectivity index (χ1v) is 11.4. The van der Waals surface area contributed by atoms with Gasteiger partial charge in [0.15, 0.2) is 0 Å². The van der Waals surface area contributed by atoms with E-state index < -0.39 is 0 Å². The van der Waals surface area contributed by atoms with Crippen LogP contribution in [0.5, 0.6) is 0 Å². The van der Waals surface area contributed by atoms with Gasteiger partial charge in [-0.1, -0.05) is 43.6 Å². The van der Waals surface area contributed by atoms with E-state index in [2.05, 4.69) is 29.1 Å². The van der Waals surface area contributed by atoms with Crippen LogP contribution in [0.2, 0.25) is 5.02 Å². The largest absolute Gasteiger partial charge is 0.387 e. The number of hydrogen-bond donors (Lipinski definition) is 2. The maximum Gasteiger partial charge on any atom is 0.250 e. The Labute approximate surface area is 193 Å². The average molecular weight is 450 g/mol. The Morgan fingerprint density at radius 1 is 1.19 bits per heavy atom. The van der Waals surface area contributed by atoms with E-state index in [4.69, 9.17) is 17.3 Å². The van der Waals surface area contributed by atoms with Crippen molar-refractivity contribution in [1.82, 2.24) is 4.90 Å². The van der Waals surface area contributed by atoms with Gasteiger partial charge in [-0.15, -0.1) is 0 Å². The minimum absolute atomic E-state index is 0.0376. The molecule has 2 aromatic rings. The summed E-state index contributed by atoms with van der Waals surface area (Å²) in [6.07, 6.45) is 4.12. The van der Waals surface area contributed by atoms with E-state index in [1.807, 2.05) is 47.4 Å². The maximum absolute atomic E-state index is 13.2. The van der Waals surface area contributed by atoms with Gasteiger partial charge in [-0.25, -0.2) is 4.99 Å². The Hall–Kier alpha value is -3.12. The molecule has 0 aromatic heterocycles. The highest BCUT2D eigenvalue weighted by Crippen LogP contribution is 2.32. The lowest BCUT2D eigenvalue weighted by Gasteiger charge is -2.22. The normalized spacial score (nSPS) is 14.8. The molecule has 7 heteroatoms. The second kappa shape index (κ2) is 9.57. The van der Waals surface area contributed by atoms with Crippen molar-refractivity contribution >= 4 is 46.6 Å². The minimum Gasteiger partial charge on any atom is -0.387 e. The van der Waals surface area contributed by atoms with Crippen LogP contribution in [0.3, 0.4) is 0 Å². The summed E-state index contributed by atoms with van der Waals surface area (Å²) >= 11 is 6.29. The Kier molecular flexibility index (Phi) is 6.61. The fourth-order valence-corrected chi connectivity index (χ4v) is 4.29. The van der Waals surface area contributed by atoms with E-state index >= 15 is 0 Å². The summed E-state index contributed by atoms with van der Waals surface area (Å²) in [5, 5.41) is 4.08. The number of hydrogen-bond acceptors (Lipinski definition) is 5. The number of nitrogens with two attached hydrogens (primary N) is 1. The van der Waals surface area contributed by atoms with Crippen LogP contribution in [0.15, 0.2) is 52.0 Å². The molecule has 0 atom stereocenters. The Balaban J connectivity index is 1.64. The molecule has 1 amide bonds. The van der Waals surface area contributed by atoms with Crippen molar-refractivity contribution in [2.75, 3.05) is 18.4 Å². The van der Waals surface area contributed by atoms with E-state index in [1.54, 1.807) is 0 Å². The van der Waals surface area contributed by atoms with Gasteiger partial charge >= 0.3 is 0 Å². The highest BCUT2D eigenvalue weighted by molar-refractivity contribution is 6.32. The Morgan fingerprint density at radius 2 is 1.97 bits per heavy atom. The van der Waals surface area contributed by atoms with Gasteiger partial charge in [0.2, 0.25) is 5.91 Å². The number of amidine groups is 2. The summed E-state index contributed by atoms with van der Waals surface area (Å²) in [6, 6.07) is 11.7. The number of nitrogens with zero attached hydrogens (tertiary/aromatic N) is 3. The number of carbonyl (C=O) groups is 1. The second-order valence-electron chi connectivity index (χ2n) is 8.07. The summed E-state index contributed by atoms with van der Waals surface area (Å²) in [4.78, 5) is 24.3. The molecule has 2 aliphatic rings. The molecule has 6 nitrogen and oxygen atoms in total. The van der Waals surface area contributed by atoms with Crippen molar-refractivity contribution < 1.29 is 4.79 Å². The van der Waals surface area contributed by atoms with Crippen molar-refractivity contribution in [2.45, 2.75) is 39.7 Å². The van der Waals surface area contributed by atoms with Crippen molar-refractivity contribution in [2.24, 2.45) is 15.7 Å². The first-order valence-electron chi connectivity index (χ1n) is 11.1. The lowest BCUT2D eigenvalue weighted by molar-refractivity contribution is -0.127. The summed E-state index contributed by atoms with van der Waals surface area (Å²) in [5.74, 6) is 1.23. The third kappa shape index (κ3) is 4.55. The van der Waals surface area contributed by atoms with Crippen molar-refractivity contribution in [3.05, 3.63) is 63.7 Å². The molecular formula is C25H28ClN5O. The monoisotopic (exact) mass is 449 g/mol. The minimum atomic E-state index is 0.0376. The topological polar surface area (TPSA) is 83.1 Å². The van der Waals surface area contributed by atoms with Crippen LogP contribution in [-0.2, 0) is 11.3 Å². The number of amides is 1. The van der Waals surface area contributed by atoms with Gasteiger partial charge in [-0.2, -0.15) is 0 Å². The quantitative estimate of drug-likeness (QED) is 0.640. The van der Waals surface area contributed by atoms with Crippen LogP contribution in [0, 0.1) is 0 Å². The molecule has 0 bridgehead atoms. The number of rotatable bonds is 6. The zero-order valence-corrected chi connectivity index (χ0v) is 19.2. The molecule has 166 valence electrons. The fraction of sp³-hybridized carbons (Fsp3) is 0.320. The van der Waals surface area contributed by atoms with E-state index in [-0.39, 0.29) is 5.91 Å². The first kappa shape index (κ1) is 22.1. The highest BCUT2D eigenvalue weighted by Gasteiger charge is 2.22. The smallest absolute Gasteiger partial charge is 0.250 e. The Morgan fingerprint density at radius 3 is 2.72 bits per heavy atom. The predicted molar refractivity (Wildman–Crippen MR) is 133 cm³/mol. The zero-order valence-electron chi connectivity index (χ0n) is 18.5. The van der Waals surface area contributed by atoms with Crippen molar-refractivity contribution in [3.63, 3.8) is 0 Å². The predicted octanol–water partition coefficient (Wildman–Crippen LogP) is 5.14. The molecule has 0 unspecified atom stereocenters. The lowest BCUT2D eigenvalue weighted by atomic mass is 10.0. The van der Waals surface area contributed by atoms with Crippen LogP contribution in [0.4, 0.5) is 11.4 Å². The van der Waals surface area contributed by atoms with Gasteiger partial charge in [0.05, 0.1) is 12.2 Å². The van der Waals surface area contributed by atoms with Crippen LogP contribution in [-0.4, -0.2) is 35.6 Å². The van der Waals surface area contributed by atoms with Crippen LogP contribution >= 0.6 is 11.6 Å². The van der Waals surface area contributed by atoms with Crippen molar-refractivity contribution in [3.8, 4) is 0 Å². The first-order chi connectivity index (χ1) is 15.5. The van der Waals surface area contributed by atoms with E-state index in [9.17, 15) is 4.79 Å². The fourth-order valence-electron chi connectivity index (χ4n) is 4.06. The molecule has 0 radical (unpaired) electrons. The molecule has 32 heavy (non-hydrogen) atoms. The summed E-state index contributed by atoms with van der Waals surface area (Å²) < 4.78 is 0. The molecule has 0 saturated heterocycles. The SMILES string of the molecule is CCCN(CCC)C(=O)C1=Cc2ccc(C3=NCc4c(Cl)cccc4N3)cc2N=C(N)C1. The number of benzene rings is 2. The highest BCUT2D eigenvalue weighted by atomic mass is 35.5. The number of fused-ring (bicyclic) bond motifs is 2. The summed E-state index contributed by atoms with van der Waals surface area (Å²) in [5.41, 5.74) is 11.4. The average Bonchev–Trinajstić information content (AvgIpc) is 2.95. The van der Waals surface area contributed by atoms with Gasteiger partial charge in [0.25, 0.3) is 0 Å². The molecule has 4 rings (SSSR count). The molecule has 0 spiro atoms. The molecule has 3 N–H and O–H groups in total. The van der Waals surface area contributed by atoms with E-state index in [1.165, 1.54) is 0 Å². The maximum atomic E-state index is 13.2. The van der Waals surface area contributed by atoms with Crippen LogP contribution in [0.1, 0.15) is 49.8 Å². The molecule has 0 aliphatic carbocycles.